The van der Waals surface area contributed by atoms with Crippen molar-refractivity contribution >= 4 is 24.0 Å². The van der Waals surface area contributed by atoms with Gasteiger partial charge in [-0.15, -0.1) is 12.4 Å². The molecule has 0 amide bonds. The highest BCUT2D eigenvalue weighted by Gasteiger charge is 2.29. The summed E-state index contributed by atoms with van der Waals surface area (Å²) in [7, 11) is 0. The van der Waals surface area contributed by atoms with Crippen molar-refractivity contribution in [3.63, 3.8) is 0 Å². The van der Waals surface area contributed by atoms with Crippen molar-refractivity contribution in [3.8, 4) is 5.75 Å². The van der Waals surface area contributed by atoms with Gasteiger partial charge in [-0.25, -0.2) is 0 Å². The van der Waals surface area contributed by atoms with E-state index >= 15 is 0 Å². The predicted octanol–water partition coefficient (Wildman–Crippen LogP) is 3.41. The first-order valence-corrected chi connectivity index (χ1v) is 6.89. The topological polar surface area (TPSA) is 66.5 Å². The van der Waals surface area contributed by atoms with Crippen LogP contribution >= 0.6 is 24.0 Å². The Morgan fingerprint density at radius 2 is 1.84 bits per heavy atom. The van der Waals surface area contributed by atoms with Gasteiger partial charge in [-0.05, 0) is 37.0 Å². The van der Waals surface area contributed by atoms with Gasteiger partial charge in [-0.1, -0.05) is 30.9 Å². The van der Waals surface area contributed by atoms with E-state index in [2.05, 4.69) is 0 Å². The number of rotatable bonds is 3. The molecule has 1 saturated carbocycles. The Labute approximate surface area is 125 Å². The maximum absolute atomic E-state index is 10.3. The molecule has 0 heterocycles. The molecule has 0 bridgehead atoms. The monoisotopic (exact) mass is 305 g/mol. The second kappa shape index (κ2) is 7.34. The van der Waals surface area contributed by atoms with Gasteiger partial charge in [0.15, 0.2) is 0 Å². The number of aromatic hydroxyl groups is 1. The van der Waals surface area contributed by atoms with Crippen molar-refractivity contribution in [3.05, 3.63) is 28.8 Å². The van der Waals surface area contributed by atoms with E-state index < -0.39 is 12.1 Å². The molecule has 0 radical (unpaired) electrons. The Hall–Kier alpha value is -0.480. The van der Waals surface area contributed by atoms with Crippen molar-refractivity contribution in [2.24, 2.45) is 11.7 Å². The molecule has 1 aromatic rings. The van der Waals surface area contributed by atoms with Gasteiger partial charge >= 0.3 is 0 Å². The summed E-state index contributed by atoms with van der Waals surface area (Å²) in [4.78, 5) is 0. The summed E-state index contributed by atoms with van der Waals surface area (Å²) in [5.41, 5.74) is 6.60. The Morgan fingerprint density at radius 1 is 1.21 bits per heavy atom. The van der Waals surface area contributed by atoms with Crippen LogP contribution in [-0.2, 0) is 0 Å². The van der Waals surface area contributed by atoms with Crippen LogP contribution in [0.4, 0.5) is 0 Å². The number of phenols is 1. The molecule has 108 valence electrons. The molecule has 3 nitrogen and oxygen atoms in total. The van der Waals surface area contributed by atoms with Gasteiger partial charge in [0.1, 0.15) is 5.75 Å². The van der Waals surface area contributed by atoms with E-state index in [1.54, 1.807) is 12.1 Å². The van der Waals surface area contributed by atoms with Crippen molar-refractivity contribution in [2.45, 2.75) is 44.2 Å². The first kappa shape index (κ1) is 16.6. The first-order valence-electron chi connectivity index (χ1n) is 6.51. The largest absolute Gasteiger partial charge is 0.508 e. The normalized spacial score (nSPS) is 19.5. The van der Waals surface area contributed by atoms with Crippen LogP contribution < -0.4 is 5.73 Å². The SMILES string of the molecule is Cl.N[C@@H](c1cc(Cl)ccc1O)[C@H](O)C1CCCCC1. The molecule has 1 aliphatic rings. The van der Waals surface area contributed by atoms with Crippen LogP contribution in [0.25, 0.3) is 0 Å². The van der Waals surface area contributed by atoms with Crippen molar-refractivity contribution in [2.75, 3.05) is 0 Å². The predicted molar refractivity (Wildman–Crippen MR) is 79.9 cm³/mol. The molecule has 0 unspecified atom stereocenters. The molecule has 0 aromatic heterocycles. The zero-order valence-electron chi connectivity index (χ0n) is 10.8. The molecule has 2 rings (SSSR count). The summed E-state index contributed by atoms with van der Waals surface area (Å²) in [6.45, 7) is 0. The molecule has 5 heteroatoms. The highest BCUT2D eigenvalue weighted by Crippen LogP contribution is 2.34. The third kappa shape index (κ3) is 3.99. The van der Waals surface area contributed by atoms with E-state index in [0.29, 0.717) is 10.6 Å². The fourth-order valence-electron chi connectivity index (χ4n) is 2.75. The molecule has 1 fully saturated rings. The molecule has 0 spiro atoms. The van der Waals surface area contributed by atoms with Crippen LogP contribution in [0.3, 0.4) is 0 Å². The molecular formula is C14H21Cl2NO2. The Bertz CT molecular complexity index is 408. The van der Waals surface area contributed by atoms with Gasteiger partial charge in [-0.2, -0.15) is 0 Å². The number of aliphatic hydroxyl groups is 1. The standard InChI is InChI=1S/C14H20ClNO2.ClH/c15-10-6-7-12(17)11(8-10)13(16)14(18)9-4-2-1-3-5-9;/h6-9,13-14,17-18H,1-5,16H2;1H/t13-,14+;/m0./s1. The van der Waals surface area contributed by atoms with Crippen LogP contribution in [0.15, 0.2) is 18.2 Å². The van der Waals surface area contributed by atoms with Gasteiger partial charge < -0.3 is 15.9 Å². The van der Waals surface area contributed by atoms with Gasteiger partial charge in [-0.3, -0.25) is 0 Å². The lowest BCUT2D eigenvalue weighted by Gasteiger charge is -2.30. The van der Waals surface area contributed by atoms with Crippen molar-refractivity contribution in [1.29, 1.82) is 0 Å². The Balaban J connectivity index is 0.00000180. The molecule has 1 aliphatic carbocycles. The molecule has 2 atom stereocenters. The fourth-order valence-corrected chi connectivity index (χ4v) is 2.93. The van der Waals surface area contributed by atoms with E-state index in [1.807, 2.05) is 0 Å². The van der Waals surface area contributed by atoms with Crippen molar-refractivity contribution in [1.82, 2.24) is 0 Å². The maximum Gasteiger partial charge on any atom is 0.120 e. The molecular weight excluding hydrogens is 285 g/mol. The average Bonchev–Trinajstić information content (AvgIpc) is 2.41. The molecule has 0 aliphatic heterocycles. The lowest BCUT2D eigenvalue weighted by molar-refractivity contribution is 0.0611. The van der Waals surface area contributed by atoms with E-state index in [0.717, 1.165) is 25.7 Å². The van der Waals surface area contributed by atoms with E-state index in [1.165, 1.54) is 12.5 Å². The Morgan fingerprint density at radius 3 is 2.47 bits per heavy atom. The van der Waals surface area contributed by atoms with Gasteiger partial charge in [0.25, 0.3) is 0 Å². The van der Waals surface area contributed by atoms with Crippen LogP contribution in [-0.4, -0.2) is 16.3 Å². The number of hydrogen-bond acceptors (Lipinski definition) is 3. The summed E-state index contributed by atoms with van der Waals surface area (Å²) >= 11 is 5.90. The lowest BCUT2D eigenvalue weighted by Crippen LogP contribution is -2.34. The Kier molecular flexibility index (Phi) is 6.40. The molecule has 1 aromatic carbocycles. The number of aliphatic hydroxyl groups excluding tert-OH is 1. The summed E-state index contributed by atoms with van der Waals surface area (Å²) in [5.74, 6) is 0.328. The summed E-state index contributed by atoms with van der Waals surface area (Å²) in [5, 5.41) is 20.7. The van der Waals surface area contributed by atoms with E-state index in [-0.39, 0.29) is 24.1 Å². The smallest absolute Gasteiger partial charge is 0.120 e. The van der Waals surface area contributed by atoms with E-state index in [4.69, 9.17) is 17.3 Å². The second-order valence-electron chi connectivity index (χ2n) is 5.12. The van der Waals surface area contributed by atoms with Gasteiger partial charge in [0.2, 0.25) is 0 Å². The third-order valence-electron chi connectivity index (χ3n) is 3.85. The van der Waals surface area contributed by atoms with Crippen LogP contribution in [0.5, 0.6) is 5.75 Å². The number of benzene rings is 1. The molecule has 4 N–H and O–H groups in total. The highest BCUT2D eigenvalue weighted by atomic mass is 35.5. The number of nitrogens with two attached hydrogens (primary N) is 1. The minimum absolute atomic E-state index is 0. The highest BCUT2D eigenvalue weighted by molar-refractivity contribution is 6.30. The fraction of sp³-hybridized carbons (Fsp3) is 0.571. The van der Waals surface area contributed by atoms with Crippen LogP contribution in [0.2, 0.25) is 5.02 Å². The zero-order valence-corrected chi connectivity index (χ0v) is 12.3. The zero-order chi connectivity index (χ0) is 13.1. The summed E-state index contributed by atoms with van der Waals surface area (Å²) in [6.07, 6.45) is 4.94. The number of halogens is 2. The minimum Gasteiger partial charge on any atom is -0.508 e. The maximum atomic E-state index is 10.3. The van der Waals surface area contributed by atoms with Crippen molar-refractivity contribution < 1.29 is 10.2 Å². The second-order valence-corrected chi connectivity index (χ2v) is 5.55. The summed E-state index contributed by atoms with van der Waals surface area (Å²) in [6, 6.07) is 4.19. The van der Waals surface area contributed by atoms with Crippen LogP contribution in [0, 0.1) is 5.92 Å². The molecule has 19 heavy (non-hydrogen) atoms. The third-order valence-corrected chi connectivity index (χ3v) is 4.08. The van der Waals surface area contributed by atoms with Gasteiger partial charge in [0, 0.05) is 10.6 Å². The number of phenolic OH excluding ortho intramolecular Hbond substituents is 1. The van der Waals surface area contributed by atoms with Gasteiger partial charge in [0.05, 0.1) is 12.1 Å². The number of hydrogen-bond donors (Lipinski definition) is 3. The quantitative estimate of drug-likeness (QED) is 0.801. The summed E-state index contributed by atoms with van der Waals surface area (Å²) < 4.78 is 0. The minimum atomic E-state index is -0.616. The van der Waals surface area contributed by atoms with E-state index in [9.17, 15) is 10.2 Å². The lowest BCUT2D eigenvalue weighted by atomic mass is 9.81. The van der Waals surface area contributed by atoms with Crippen LogP contribution in [0.1, 0.15) is 43.7 Å². The first-order chi connectivity index (χ1) is 8.59. The molecule has 0 saturated heterocycles. The average molecular weight is 306 g/mol.